The number of piperidine rings is 1. The first-order chi connectivity index (χ1) is 12.1. The molecule has 0 aliphatic carbocycles. The molecule has 0 spiro atoms. The summed E-state index contributed by atoms with van der Waals surface area (Å²) in [7, 11) is 0. The minimum Gasteiger partial charge on any atom is -0.379 e. The number of carbonyl (C=O) groups is 1. The molecule has 2 aromatic rings. The van der Waals surface area contributed by atoms with Gasteiger partial charge in [-0.15, -0.1) is 10.2 Å². The summed E-state index contributed by atoms with van der Waals surface area (Å²) in [4.78, 5) is 14.5. The SMILES string of the molecule is Cc1cccc(CN2CCCC(O)(CNCCn3cnnc3)C2=O)c1. The van der Waals surface area contributed by atoms with Crippen LogP contribution in [0.15, 0.2) is 36.9 Å². The Kier molecular flexibility index (Phi) is 5.45. The van der Waals surface area contributed by atoms with Gasteiger partial charge in [-0.25, -0.2) is 0 Å². The third kappa shape index (κ3) is 4.43. The van der Waals surface area contributed by atoms with Crippen molar-refractivity contribution in [3.05, 3.63) is 48.0 Å². The molecule has 1 amide bonds. The number of aryl methyl sites for hydroxylation is 1. The highest BCUT2D eigenvalue weighted by molar-refractivity contribution is 5.86. The van der Waals surface area contributed by atoms with Crippen molar-refractivity contribution < 1.29 is 9.90 Å². The molecule has 1 atom stereocenters. The molecule has 1 aliphatic rings. The van der Waals surface area contributed by atoms with Gasteiger partial charge in [0.2, 0.25) is 0 Å². The van der Waals surface area contributed by atoms with E-state index in [1.807, 2.05) is 29.7 Å². The summed E-state index contributed by atoms with van der Waals surface area (Å²) in [5, 5.41) is 21.5. The number of hydrogen-bond donors (Lipinski definition) is 2. The van der Waals surface area contributed by atoms with Gasteiger partial charge in [0.05, 0.1) is 0 Å². The lowest BCUT2D eigenvalue weighted by atomic mass is 9.91. The van der Waals surface area contributed by atoms with Crippen LogP contribution in [0.2, 0.25) is 0 Å². The molecule has 7 heteroatoms. The van der Waals surface area contributed by atoms with E-state index in [0.29, 0.717) is 32.6 Å². The number of likely N-dealkylation sites (tertiary alicyclic amines) is 1. The number of aliphatic hydroxyl groups is 1. The summed E-state index contributed by atoms with van der Waals surface area (Å²) < 4.78 is 1.85. The van der Waals surface area contributed by atoms with Crippen molar-refractivity contribution in [2.45, 2.75) is 38.5 Å². The molecule has 0 bridgehead atoms. The maximum Gasteiger partial charge on any atom is 0.256 e. The molecule has 2 heterocycles. The Morgan fingerprint density at radius 1 is 1.32 bits per heavy atom. The monoisotopic (exact) mass is 343 g/mol. The standard InChI is InChI=1S/C18H25N5O2/c1-15-4-2-5-16(10-15)11-23-8-3-6-18(25,17(23)24)12-19-7-9-22-13-20-21-14-22/h2,4-5,10,13-14,19,25H,3,6-9,11-12H2,1H3. The van der Waals surface area contributed by atoms with Crippen LogP contribution < -0.4 is 5.32 Å². The lowest BCUT2D eigenvalue weighted by Gasteiger charge is -2.38. The smallest absolute Gasteiger partial charge is 0.256 e. The van der Waals surface area contributed by atoms with Crippen molar-refractivity contribution >= 4 is 5.91 Å². The summed E-state index contributed by atoms with van der Waals surface area (Å²) >= 11 is 0. The van der Waals surface area contributed by atoms with E-state index in [2.05, 4.69) is 21.6 Å². The van der Waals surface area contributed by atoms with Crippen LogP contribution in [-0.4, -0.2) is 55.9 Å². The Bertz CT molecular complexity index is 703. The van der Waals surface area contributed by atoms with Gasteiger partial charge < -0.3 is 19.9 Å². The van der Waals surface area contributed by atoms with Crippen LogP contribution in [0.1, 0.15) is 24.0 Å². The minimum atomic E-state index is -1.32. The Morgan fingerprint density at radius 2 is 2.12 bits per heavy atom. The van der Waals surface area contributed by atoms with E-state index >= 15 is 0 Å². The second-order valence-electron chi connectivity index (χ2n) is 6.73. The highest BCUT2D eigenvalue weighted by atomic mass is 16.3. The zero-order valence-electron chi connectivity index (χ0n) is 14.6. The van der Waals surface area contributed by atoms with Gasteiger partial charge in [-0.05, 0) is 25.3 Å². The molecule has 1 unspecified atom stereocenters. The van der Waals surface area contributed by atoms with E-state index in [1.165, 1.54) is 5.56 Å². The highest BCUT2D eigenvalue weighted by Gasteiger charge is 2.41. The van der Waals surface area contributed by atoms with E-state index in [-0.39, 0.29) is 12.5 Å². The predicted octanol–water partition coefficient (Wildman–Crippen LogP) is 0.730. The fourth-order valence-electron chi connectivity index (χ4n) is 3.25. The van der Waals surface area contributed by atoms with Gasteiger partial charge in [-0.3, -0.25) is 4.79 Å². The molecular formula is C18H25N5O2. The van der Waals surface area contributed by atoms with Gasteiger partial charge in [0.15, 0.2) is 5.60 Å². The molecule has 1 fully saturated rings. The van der Waals surface area contributed by atoms with E-state index in [0.717, 1.165) is 12.0 Å². The van der Waals surface area contributed by atoms with Gasteiger partial charge in [-0.2, -0.15) is 0 Å². The number of hydrogen-bond acceptors (Lipinski definition) is 5. The maximum absolute atomic E-state index is 12.8. The molecule has 1 saturated heterocycles. The first-order valence-electron chi connectivity index (χ1n) is 8.67. The average molecular weight is 343 g/mol. The Labute approximate surface area is 147 Å². The third-order valence-corrected chi connectivity index (χ3v) is 4.59. The van der Waals surface area contributed by atoms with E-state index in [9.17, 15) is 9.90 Å². The van der Waals surface area contributed by atoms with Crippen LogP contribution in [0.5, 0.6) is 0 Å². The molecule has 1 aliphatic heterocycles. The van der Waals surface area contributed by atoms with Crippen molar-refractivity contribution in [1.29, 1.82) is 0 Å². The highest BCUT2D eigenvalue weighted by Crippen LogP contribution is 2.24. The van der Waals surface area contributed by atoms with Crippen LogP contribution in [0.4, 0.5) is 0 Å². The molecule has 25 heavy (non-hydrogen) atoms. The number of benzene rings is 1. The number of nitrogens with zero attached hydrogens (tertiary/aromatic N) is 4. The third-order valence-electron chi connectivity index (χ3n) is 4.59. The number of amides is 1. The summed E-state index contributed by atoms with van der Waals surface area (Å²) in [6.07, 6.45) is 4.59. The van der Waals surface area contributed by atoms with Gasteiger partial charge in [0, 0.05) is 32.7 Å². The van der Waals surface area contributed by atoms with Crippen molar-refractivity contribution in [3.63, 3.8) is 0 Å². The second kappa shape index (κ2) is 7.76. The quantitative estimate of drug-likeness (QED) is 0.724. The van der Waals surface area contributed by atoms with Gasteiger partial charge in [-0.1, -0.05) is 29.8 Å². The topological polar surface area (TPSA) is 83.3 Å². The number of aromatic nitrogens is 3. The van der Waals surface area contributed by atoms with Gasteiger partial charge in [0.25, 0.3) is 5.91 Å². The lowest BCUT2D eigenvalue weighted by molar-refractivity contribution is -0.157. The van der Waals surface area contributed by atoms with E-state index in [4.69, 9.17) is 0 Å². The molecule has 1 aromatic heterocycles. The van der Waals surface area contributed by atoms with Crippen molar-refractivity contribution in [3.8, 4) is 0 Å². The zero-order chi connectivity index (χ0) is 17.7. The number of carbonyl (C=O) groups excluding carboxylic acids is 1. The normalized spacial score (nSPS) is 20.9. The lowest BCUT2D eigenvalue weighted by Crippen LogP contribution is -2.57. The van der Waals surface area contributed by atoms with Gasteiger partial charge in [0.1, 0.15) is 12.7 Å². The average Bonchev–Trinajstić information content (AvgIpc) is 3.10. The van der Waals surface area contributed by atoms with Crippen molar-refractivity contribution in [2.75, 3.05) is 19.6 Å². The maximum atomic E-state index is 12.8. The molecule has 2 N–H and O–H groups in total. The minimum absolute atomic E-state index is 0.183. The largest absolute Gasteiger partial charge is 0.379 e. The molecule has 0 radical (unpaired) electrons. The summed E-state index contributed by atoms with van der Waals surface area (Å²) in [6.45, 7) is 4.88. The summed E-state index contributed by atoms with van der Waals surface area (Å²) in [5.74, 6) is -0.183. The first kappa shape index (κ1) is 17.6. The van der Waals surface area contributed by atoms with E-state index in [1.54, 1.807) is 17.6 Å². The Balaban J connectivity index is 1.54. The molecule has 134 valence electrons. The molecule has 1 aromatic carbocycles. The second-order valence-corrected chi connectivity index (χ2v) is 6.73. The Morgan fingerprint density at radius 3 is 2.88 bits per heavy atom. The number of rotatable bonds is 7. The van der Waals surface area contributed by atoms with Crippen molar-refractivity contribution in [1.82, 2.24) is 25.0 Å². The Hall–Kier alpha value is -2.25. The summed E-state index contributed by atoms with van der Waals surface area (Å²) in [5.41, 5.74) is 0.945. The van der Waals surface area contributed by atoms with Gasteiger partial charge >= 0.3 is 0 Å². The van der Waals surface area contributed by atoms with Crippen LogP contribution in [0, 0.1) is 6.92 Å². The molecule has 3 rings (SSSR count). The number of nitrogens with one attached hydrogen (secondary N) is 1. The van der Waals surface area contributed by atoms with Crippen LogP contribution in [0.3, 0.4) is 0 Å². The van der Waals surface area contributed by atoms with E-state index < -0.39 is 5.60 Å². The molecule has 7 nitrogen and oxygen atoms in total. The van der Waals surface area contributed by atoms with Crippen LogP contribution in [-0.2, 0) is 17.9 Å². The molecule has 0 saturated carbocycles. The fraction of sp³-hybridized carbons (Fsp3) is 0.500. The van der Waals surface area contributed by atoms with Crippen molar-refractivity contribution in [2.24, 2.45) is 0 Å². The molecular weight excluding hydrogens is 318 g/mol. The predicted molar refractivity (Wildman–Crippen MR) is 93.7 cm³/mol. The first-order valence-corrected chi connectivity index (χ1v) is 8.67. The van der Waals surface area contributed by atoms with Crippen LogP contribution >= 0.6 is 0 Å². The summed E-state index contributed by atoms with van der Waals surface area (Å²) in [6, 6.07) is 8.14. The fourth-order valence-corrected chi connectivity index (χ4v) is 3.25. The van der Waals surface area contributed by atoms with Crippen LogP contribution in [0.25, 0.3) is 0 Å². The zero-order valence-corrected chi connectivity index (χ0v) is 14.6.